The van der Waals surface area contributed by atoms with Gasteiger partial charge in [-0.15, -0.1) is 0 Å². The largest absolute Gasteiger partial charge is 0.493 e. The Hall–Kier alpha value is -2.50. The van der Waals surface area contributed by atoms with E-state index in [9.17, 15) is 4.79 Å². The highest BCUT2D eigenvalue weighted by molar-refractivity contribution is 5.90. The molecule has 0 radical (unpaired) electrons. The Morgan fingerprint density at radius 2 is 2.15 bits per heavy atom. The molecule has 0 saturated heterocycles. The second-order valence-corrected chi connectivity index (χ2v) is 4.37. The number of nitrogens with one attached hydrogen (secondary N) is 1. The molecule has 0 spiro atoms. The molecule has 1 aromatic heterocycles. The van der Waals surface area contributed by atoms with Crippen molar-refractivity contribution in [1.29, 1.82) is 0 Å². The second kappa shape index (κ2) is 6.10. The smallest absolute Gasteiger partial charge is 0.263 e. The van der Waals surface area contributed by atoms with Gasteiger partial charge in [0.05, 0.1) is 7.11 Å². The molecule has 0 aliphatic heterocycles. The predicted molar refractivity (Wildman–Crippen MR) is 75.1 cm³/mol. The number of aromatic nitrogens is 2. The standard InChI is InChI=1S/C14H17N3O3/c1-10-4-5-11(12(8-10)19-3)20-9-14(18)15-13-6-7-17(2)16-13/h4-8H,9H2,1-3H3,(H,15,16,18). The zero-order valence-electron chi connectivity index (χ0n) is 11.7. The quantitative estimate of drug-likeness (QED) is 0.903. The summed E-state index contributed by atoms with van der Waals surface area (Å²) in [6, 6.07) is 7.24. The van der Waals surface area contributed by atoms with Crippen LogP contribution >= 0.6 is 0 Å². The fourth-order valence-electron chi connectivity index (χ4n) is 1.70. The minimum absolute atomic E-state index is 0.101. The van der Waals surface area contributed by atoms with Gasteiger partial charge in [0.15, 0.2) is 23.9 Å². The third kappa shape index (κ3) is 3.50. The van der Waals surface area contributed by atoms with Gasteiger partial charge in [-0.2, -0.15) is 5.10 Å². The van der Waals surface area contributed by atoms with Gasteiger partial charge < -0.3 is 14.8 Å². The molecule has 1 aromatic carbocycles. The van der Waals surface area contributed by atoms with E-state index in [-0.39, 0.29) is 12.5 Å². The van der Waals surface area contributed by atoms with Crippen molar-refractivity contribution in [3.05, 3.63) is 36.0 Å². The Morgan fingerprint density at radius 1 is 1.35 bits per heavy atom. The Morgan fingerprint density at radius 3 is 2.80 bits per heavy atom. The molecule has 1 N–H and O–H groups in total. The molecule has 6 heteroatoms. The van der Waals surface area contributed by atoms with Crippen LogP contribution in [0.15, 0.2) is 30.5 Å². The average Bonchev–Trinajstić information content (AvgIpc) is 2.82. The first kappa shape index (κ1) is 13.9. The average molecular weight is 275 g/mol. The van der Waals surface area contributed by atoms with Crippen LogP contribution in [-0.4, -0.2) is 29.4 Å². The van der Waals surface area contributed by atoms with Gasteiger partial charge in [-0.1, -0.05) is 6.07 Å². The lowest BCUT2D eigenvalue weighted by Gasteiger charge is -2.10. The molecule has 6 nitrogen and oxygen atoms in total. The summed E-state index contributed by atoms with van der Waals surface area (Å²) in [7, 11) is 3.35. The SMILES string of the molecule is COc1cc(C)ccc1OCC(=O)Nc1ccn(C)n1. The second-order valence-electron chi connectivity index (χ2n) is 4.37. The first-order valence-electron chi connectivity index (χ1n) is 6.15. The maximum atomic E-state index is 11.7. The molecule has 0 bridgehead atoms. The summed E-state index contributed by atoms with van der Waals surface area (Å²) in [6.07, 6.45) is 1.75. The third-order valence-corrected chi connectivity index (χ3v) is 2.66. The molecule has 2 aromatic rings. The highest BCUT2D eigenvalue weighted by Crippen LogP contribution is 2.27. The molecule has 0 aliphatic carbocycles. The zero-order valence-corrected chi connectivity index (χ0v) is 11.7. The van der Waals surface area contributed by atoms with E-state index >= 15 is 0 Å². The van der Waals surface area contributed by atoms with Gasteiger partial charge in [-0.25, -0.2) is 0 Å². The fourth-order valence-corrected chi connectivity index (χ4v) is 1.70. The number of anilines is 1. The van der Waals surface area contributed by atoms with Gasteiger partial charge in [-0.3, -0.25) is 9.48 Å². The summed E-state index contributed by atoms with van der Waals surface area (Å²) >= 11 is 0. The van der Waals surface area contributed by atoms with Gasteiger partial charge in [0.25, 0.3) is 5.91 Å². The van der Waals surface area contributed by atoms with E-state index in [1.165, 1.54) is 0 Å². The molecular weight excluding hydrogens is 258 g/mol. The first-order valence-corrected chi connectivity index (χ1v) is 6.15. The highest BCUT2D eigenvalue weighted by atomic mass is 16.5. The molecule has 1 heterocycles. The maximum absolute atomic E-state index is 11.7. The van der Waals surface area contributed by atoms with E-state index in [1.54, 1.807) is 37.2 Å². The Balaban J connectivity index is 1.93. The zero-order chi connectivity index (χ0) is 14.5. The van der Waals surface area contributed by atoms with Crippen LogP contribution in [0.2, 0.25) is 0 Å². The van der Waals surface area contributed by atoms with Crippen LogP contribution < -0.4 is 14.8 Å². The van der Waals surface area contributed by atoms with E-state index < -0.39 is 0 Å². The number of amides is 1. The lowest BCUT2D eigenvalue weighted by atomic mass is 10.2. The monoisotopic (exact) mass is 275 g/mol. The molecular formula is C14H17N3O3. The van der Waals surface area contributed by atoms with Crippen LogP contribution in [0.4, 0.5) is 5.82 Å². The maximum Gasteiger partial charge on any atom is 0.263 e. The van der Waals surface area contributed by atoms with Crippen molar-refractivity contribution < 1.29 is 14.3 Å². The summed E-state index contributed by atoms with van der Waals surface area (Å²) < 4.78 is 12.3. The number of carbonyl (C=O) groups is 1. The first-order chi connectivity index (χ1) is 9.58. The van der Waals surface area contributed by atoms with Crippen molar-refractivity contribution in [3.63, 3.8) is 0 Å². The molecule has 0 atom stereocenters. The molecule has 0 saturated carbocycles. The van der Waals surface area contributed by atoms with Gasteiger partial charge in [0.1, 0.15) is 0 Å². The van der Waals surface area contributed by atoms with Crippen LogP contribution in [-0.2, 0) is 11.8 Å². The number of benzene rings is 1. The van der Waals surface area contributed by atoms with Crippen LogP contribution in [0.25, 0.3) is 0 Å². The van der Waals surface area contributed by atoms with Gasteiger partial charge in [0.2, 0.25) is 0 Å². The van der Waals surface area contributed by atoms with E-state index in [2.05, 4.69) is 10.4 Å². The Kier molecular flexibility index (Phi) is 4.24. The summed E-state index contributed by atoms with van der Waals surface area (Å²) in [5.74, 6) is 1.37. The molecule has 0 aliphatic rings. The van der Waals surface area contributed by atoms with Gasteiger partial charge >= 0.3 is 0 Å². The summed E-state index contributed by atoms with van der Waals surface area (Å²) in [6.45, 7) is 1.86. The lowest BCUT2D eigenvalue weighted by Crippen LogP contribution is -2.20. The van der Waals surface area contributed by atoms with Crippen molar-refractivity contribution >= 4 is 11.7 Å². The number of carbonyl (C=O) groups excluding carboxylic acids is 1. The number of hydrogen-bond acceptors (Lipinski definition) is 4. The number of ether oxygens (including phenoxy) is 2. The predicted octanol–water partition coefficient (Wildman–Crippen LogP) is 1.75. The number of rotatable bonds is 5. The van der Waals surface area contributed by atoms with Crippen molar-refractivity contribution in [3.8, 4) is 11.5 Å². The highest BCUT2D eigenvalue weighted by Gasteiger charge is 2.09. The molecule has 2 rings (SSSR count). The fraction of sp³-hybridized carbons (Fsp3) is 0.286. The summed E-state index contributed by atoms with van der Waals surface area (Å²) in [4.78, 5) is 11.7. The van der Waals surface area contributed by atoms with Gasteiger partial charge in [0, 0.05) is 19.3 Å². The molecule has 0 fully saturated rings. The number of nitrogens with zero attached hydrogens (tertiary/aromatic N) is 2. The minimum Gasteiger partial charge on any atom is -0.493 e. The number of methoxy groups -OCH3 is 1. The van der Waals surface area contributed by atoms with Crippen molar-refractivity contribution in [1.82, 2.24) is 9.78 Å². The van der Waals surface area contributed by atoms with Crippen molar-refractivity contribution in [2.45, 2.75) is 6.92 Å². The molecule has 1 amide bonds. The van der Waals surface area contributed by atoms with E-state index in [0.717, 1.165) is 5.56 Å². The summed E-state index contributed by atoms with van der Waals surface area (Å²) in [5, 5.41) is 6.70. The molecule has 106 valence electrons. The van der Waals surface area contributed by atoms with E-state index in [1.807, 2.05) is 19.1 Å². The lowest BCUT2D eigenvalue weighted by molar-refractivity contribution is -0.118. The summed E-state index contributed by atoms with van der Waals surface area (Å²) in [5.41, 5.74) is 1.06. The number of aryl methyl sites for hydroxylation is 2. The van der Waals surface area contributed by atoms with Gasteiger partial charge in [-0.05, 0) is 24.6 Å². The van der Waals surface area contributed by atoms with Crippen LogP contribution in [0.5, 0.6) is 11.5 Å². The van der Waals surface area contributed by atoms with E-state index in [0.29, 0.717) is 17.3 Å². The Bertz CT molecular complexity index is 607. The normalized spacial score (nSPS) is 10.2. The molecule has 20 heavy (non-hydrogen) atoms. The van der Waals surface area contributed by atoms with Crippen molar-refractivity contribution in [2.24, 2.45) is 7.05 Å². The minimum atomic E-state index is -0.272. The third-order valence-electron chi connectivity index (χ3n) is 2.66. The molecule has 0 unspecified atom stereocenters. The van der Waals surface area contributed by atoms with Crippen molar-refractivity contribution in [2.75, 3.05) is 19.0 Å². The van der Waals surface area contributed by atoms with Crippen LogP contribution in [0, 0.1) is 6.92 Å². The van der Waals surface area contributed by atoms with Crippen LogP contribution in [0.1, 0.15) is 5.56 Å². The Labute approximate surface area is 117 Å². The number of hydrogen-bond donors (Lipinski definition) is 1. The topological polar surface area (TPSA) is 65.4 Å². The van der Waals surface area contributed by atoms with E-state index in [4.69, 9.17) is 9.47 Å². The van der Waals surface area contributed by atoms with Crippen LogP contribution in [0.3, 0.4) is 0 Å².